The SMILES string of the molecule is COc1ccccc1[C@H](C)NC(=O)[C@H](C)Oc1ccc(C)c(C)c1. The van der Waals surface area contributed by atoms with Crippen LogP contribution < -0.4 is 14.8 Å². The van der Waals surface area contributed by atoms with E-state index in [-0.39, 0.29) is 11.9 Å². The Labute approximate surface area is 143 Å². The van der Waals surface area contributed by atoms with Crippen LogP contribution in [-0.4, -0.2) is 19.1 Å². The molecule has 4 heteroatoms. The number of hydrogen-bond acceptors (Lipinski definition) is 3. The maximum atomic E-state index is 12.4. The molecule has 24 heavy (non-hydrogen) atoms. The minimum Gasteiger partial charge on any atom is -0.496 e. The van der Waals surface area contributed by atoms with Crippen molar-refractivity contribution in [3.8, 4) is 11.5 Å². The summed E-state index contributed by atoms with van der Waals surface area (Å²) in [5.41, 5.74) is 3.28. The number of nitrogens with one attached hydrogen (secondary N) is 1. The van der Waals surface area contributed by atoms with E-state index >= 15 is 0 Å². The van der Waals surface area contributed by atoms with Crippen LogP contribution in [0, 0.1) is 13.8 Å². The average molecular weight is 327 g/mol. The second-order valence-electron chi connectivity index (χ2n) is 5.98. The zero-order chi connectivity index (χ0) is 17.7. The zero-order valence-corrected chi connectivity index (χ0v) is 14.9. The fourth-order valence-electron chi connectivity index (χ4n) is 2.48. The fraction of sp³-hybridized carbons (Fsp3) is 0.350. The summed E-state index contributed by atoms with van der Waals surface area (Å²) < 4.78 is 11.1. The predicted octanol–water partition coefficient (Wildman–Crippen LogP) is 3.96. The summed E-state index contributed by atoms with van der Waals surface area (Å²) in [7, 11) is 1.62. The minimum absolute atomic E-state index is 0.161. The lowest BCUT2D eigenvalue weighted by molar-refractivity contribution is -0.127. The lowest BCUT2D eigenvalue weighted by Gasteiger charge is -2.20. The molecule has 0 aromatic heterocycles. The van der Waals surface area contributed by atoms with Gasteiger partial charge in [0.05, 0.1) is 13.2 Å². The largest absolute Gasteiger partial charge is 0.496 e. The van der Waals surface area contributed by atoms with Crippen molar-refractivity contribution in [3.05, 3.63) is 59.2 Å². The van der Waals surface area contributed by atoms with E-state index in [9.17, 15) is 4.79 Å². The highest BCUT2D eigenvalue weighted by Crippen LogP contribution is 2.24. The molecule has 0 saturated carbocycles. The van der Waals surface area contributed by atoms with E-state index in [1.54, 1.807) is 14.0 Å². The number of rotatable bonds is 6. The molecule has 2 atom stereocenters. The third-order valence-electron chi connectivity index (χ3n) is 4.12. The Morgan fingerprint density at radius 3 is 2.42 bits per heavy atom. The molecule has 0 aliphatic rings. The Balaban J connectivity index is 2.01. The smallest absolute Gasteiger partial charge is 0.261 e. The van der Waals surface area contributed by atoms with Crippen molar-refractivity contribution in [3.63, 3.8) is 0 Å². The average Bonchev–Trinajstić information content (AvgIpc) is 2.57. The molecule has 1 N–H and O–H groups in total. The molecule has 0 fully saturated rings. The molecule has 0 heterocycles. The van der Waals surface area contributed by atoms with Crippen molar-refractivity contribution in [2.45, 2.75) is 39.8 Å². The summed E-state index contributed by atoms with van der Waals surface area (Å²) in [6.45, 7) is 7.75. The van der Waals surface area contributed by atoms with Gasteiger partial charge < -0.3 is 14.8 Å². The molecule has 0 unspecified atom stereocenters. The molecular formula is C20H25NO3. The molecule has 0 aliphatic heterocycles. The Hall–Kier alpha value is -2.49. The lowest BCUT2D eigenvalue weighted by Crippen LogP contribution is -2.37. The fourth-order valence-corrected chi connectivity index (χ4v) is 2.48. The third-order valence-corrected chi connectivity index (χ3v) is 4.12. The molecule has 128 valence electrons. The molecule has 4 nitrogen and oxygen atoms in total. The van der Waals surface area contributed by atoms with Crippen LogP contribution in [0.3, 0.4) is 0 Å². The van der Waals surface area contributed by atoms with Gasteiger partial charge in [-0.1, -0.05) is 24.3 Å². The Morgan fingerprint density at radius 1 is 1.04 bits per heavy atom. The van der Waals surface area contributed by atoms with Crippen molar-refractivity contribution in [1.82, 2.24) is 5.32 Å². The standard InChI is InChI=1S/C20H25NO3/c1-13-10-11-17(12-14(13)2)24-16(4)20(22)21-15(3)18-8-6-7-9-19(18)23-5/h6-12,15-16H,1-5H3,(H,21,22)/t15-,16-/m0/s1. The molecule has 0 saturated heterocycles. The van der Waals surface area contributed by atoms with Crippen LogP contribution in [0.2, 0.25) is 0 Å². The van der Waals surface area contributed by atoms with Gasteiger partial charge in [-0.3, -0.25) is 4.79 Å². The molecule has 0 aliphatic carbocycles. The highest BCUT2D eigenvalue weighted by Gasteiger charge is 2.19. The molecule has 2 aromatic carbocycles. The number of para-hydroxylation sites is 1. The van der Waals surface area contributed by atoms with Crippen LogP contribution in [0.15, 0.2) is 42.5 Å². The van der Waals surface area contributed by atoms with Crippen LogP contribution in [0.25, 0.3) is 0 Å². The zero-order valence-electron chi connectivity index (χ0n) is 14.9. The van der Waals surface area contributed by atoms with Crippen molar-refractivity contribution < 1.29 is 14.3 Å². The molecule has 0 radical (unpaired) electrons. The quantitative estimate of drug-likeness (QED) is 0.874. The number of aryl methyl sites for hydroxylation is 2. The Bertz CT molecular complexity index is 712. The van der Waals surface area contributed by atoms with Gasteiger partial charge in [0.25, 0.3) is 5.91 Å². The lowest BCUT2D eigenvalue weighted by atomic mass is 10.1. The van der Waals surface area contributed by atoms with Gasteiger partial charge in [-0.05, 0) is 57.0 Å². The summed E-state index contributed by atoms with van der Waals surface area (Å²) in [4.78, 5) is 12.4. The number of ether oxygens (including phenoxy) is 2. The molecule has 2 rings (SSSR count). The van der Waals surface area contributed by atoms with E-state index in [4.69, 9.17) is 9.47 Å². The van der Waals surface area contributed by atoms with Gasteiger partial charge in [0, 0.05) is 5.56 Å². The van der Waals surface area contributed by atoms with Crippen molar-refractivity contribution >= 4 is 5.91 Å². The van der Waals surface area contributed by atoms with Crippen LogP contribution >= 0.6 is 0 Å². The first-order chi connectivity index (χ1) is 11.4. The van der Waals surface area contributed by atoms with Crippen LogP contribution in [0.4, 0.5) is 0 Å². The molecular weight excluding hydrogens is 302 g/mol. The predicted molar refractivity (Wildman–Crippen MR) is 95.6 cm³/mol. The number of benzene rings is 2. The highest BCUT2D eigenvalue weighted by molar-refractivity contribution is 5.81. The van der Waals surface area contributed by atoms with Crippen LogP contribution in [0.5, 0.6) is 11.5 Å². The van der Waals surface area contributed by atoms with Gasteiger partial charge in [-0.2, -0.15) is 0 Å². The van der Waals surface area contributed by atoms with Gasteiger partial charge in [0.1, 0.15) is 11.5 Å². The number of carbonyl (C=O) groups excluding carboxylic acids is 1. The van der Waals surface area contributed by atoms with E-state index in [1.807, 2.05) is 63.2 Å². The minimum atomic E-state index is -0.579. The first kappa shape index (κ1) is 17.9. The van der Waals surface area contributed by atoms with E-state index in [1.165, 1.54) is 5.56 Å². The summed E-state index contributed by atoms with van der Waals surface area (Å²) >= 11 is 0. The number of carbonyl (C=O) groups is 1. The first-order valence-electron chi connectivity index (χ1n) is 8.09. The summed E-state index contributed by atoms with van der Waals surface area (Å²) in [6, 6.07) is 13.3. The Morgan fingerprint density at radius 2 is 1.75 bits per heavy atom. The van der Waals surface area contributed by atoms with E-state index in [0.717, 1.165) is 16.9 Å². The third kappa shape index (κ3) is 4.28. The number of methoxy groups -OCH3 is 1. The van der Waals surface area contributed by atoms with Crippen molar-refractivity contribution in [2.75, 3.05) is 7.11 Å². The summed E-state index contributed by atoms with van der Waals surface area (Å²) in [6.07, 6.45) is -0.579. The summed E-state index contributed by atoms with van der Waals surface area (Å²) in [5.74, 6) is 1.30. The van der Waals surface area contributed by atoms with Gasteiger partial charge >= 0.3 is 0 Å². The number of amides is 1. The van der Waals surface area contributed by atoms with Crippen molar-refractivity contribution in [1.29, 1.82) is 0 Å². The van der Waals surface area contributed by atoms with Gasteiger partial charge in [0.2, 0.25) is 0 Å². The molecule has 1 amide bonds. The van der Waals surface area contributed by atoms with Crippen molar-refractivity contribution in [2.24, 2.45) is 0 Å². The second-order valence-corrected chi connectivity index (χ2v) is 5.98. The first-order valence-corrected chi connectivity index (χ1v) is 8.09. The monoisotopic (exact) mass is 327 g/mol. The molecule has 2 aromatic rings. The maximum absolute atomic E-state index is 12.4. The van der Waals surface area contributed by atoms with Gasteiger partial charge in [-0.15, -0.1) is 0 Å². The van der Waals surface area contributed by atoms with Crippen LogP contribution in [-0.2, 0) is 4.79 Å². The second kappa shape index (κ2) is 7.86. The molecule has 0 bridgehead atoms. The summed E-state index contributed by atoms with van der Waals surface area (Å²) in [5, 5.41) is 2.97. The molecule has 0 spiro atoms. The van der Waals surface area contributed by atoms with Gasteiger partial charge in [0.15, 0.2) is 6.10 Å². The normalized spacial score (nSPS) is 13.0. The van der Waals surface area contributed by atoms with E-state index in [2.05, 4.69) is 5.32 Å². The van der Waals surface area contributed by atoms with Gasteiger partial charge in [-0.25, -0.2) is 0 Å². The highest BCUT2D eigenvalue weighted by atomic mass is 16.5. The van der Waals surface area contributed by atoms with Crippen LogP contribution in [0.1, 0.15) is 36.6 Å². The van der Waals surface area contributed by atoms with E-state index in [0.29, 0.717) is 5.75 Å². The Kier molecular flexibility index (Phi) is 5.85. The topological polar surface area (TPSA) is 47.6 Å². The maximum Gasteiger partial charge on any atom is 0.261 e. The number of hydrogen-bond donors (Lipinski definition) is 1. The van der Waals surface area contributed by atoms with E-state index < -0.39 is 6.10 Å².